The van der Waals surface area contributed by atoms with Crippen LogP contribution in [0.4, 0.5) is 4.39 Å². The molecule has 2 aromatic rings. The van der Waals surface area contributed by atoms with Crippen LogP contribution in [-0.4, -0.2) is 40.1 Å². The molecule has 0 saturated carbocycles. The Hall–Kier alpha value is -3.94. The number of ether oxygens (including phenoxy) is 4. The van der Waals surface area contributed by atoms with E-state index in [0.717, 1.165) is 27.8 Å². The number of benzene rings is 2. The van der Waals surface area contributed by atoms with Gasteiger partial charge >= 0.3 is 0 Å². The lowest BCUT2D eigenvalue weighted by Crippen LogP contribution is -2.41. The Labute approximate surface area is 216 Å². The molecule has 4 rings (SSSR count). The molecular formula is C30H30FNO5. The first-order valence-corrected chi connectivity index (χ1v) is 11.8. The molecule has 0 aromatic heterocycles. The molecule has 0 radical (unpaired) electrons. The van der Waals surface area contributed by atoms with E-state index in [1.165, 1.54) is 46.6 Å². The smallest absolute Gasteiger partial charge is 0.287 e. The lowest BCUT2D eigenvalue weighted by Gasteiger charge is -2.35. The van der Waals surface area contributed by atoms with Gasteiger partial charge in [0, 0.05) is 26.8 Å². The molecule has 1 amide bonds. The van der Waals surface area contributed by atoms with Crippen LogP contribution in [0.15, 0.2) is 95.5 Å². The number of amides is 1. The van der Waals surface area contributed by atoms with Gasteiger partial charge in [0.05, 0.1) is 14.2 Å². The molecule has 1 N–H and O–H groups in total. The van der Waals surface area contributed by atoms with Gasteiger partial charge in [0.1, 0.15) is 5.82 Å². The molecule has 0 aliphatic heterocycles. The fourth-order valence-electron chi connectivity index (χ4n) is 4.64. The number of nitrogens with one attached hydrogen (secondary N) is 1. The van der Waals surface area contributed by atoms with E-state index in [9.17, 15) is 9.18 Å². The molecule has 6 nitrogen and oxygen atoms in total. The topological polar surface area (TPSA) is 66.0 Å². The maximum Gasteiger partial charge on any atom is 0.287 e. The van der Waals surface area contributed by atoms with Gasteiger partial charge in [-0.2, -0.15) is 0 Å². The van der Waals surface area contributed by atoms with Crippen molar-refractivity contribution in [3.63, 3.8) is 0 Å². The number of fused-ring (bicyclic) bond motifs is 1. The first-order chi connectivity index (χ1) is 17.9. The van der Waals surface area contributed by atoms with E-state index >= 15 is 0 Å². The predicted molar refractivity (Wildman–Crippen MR) is 140 cm³/mol. The Kier molecular flexibility index (Phi) is 7.76. The van der Waals surface area contributed by atoms with Gasteiger partial charge in [-0.05, 0) is 76.3 Å². The lowest BCUT2D eigenvalue weighted by atomic mass is 9.96. The number of hydrogen-bond acceptors (Lipinski definition) is 5. The molecule has 7 heteroatoms. The molecule has 2 aliphatic rings. The molecule has 0 saturated heterocycles. The predicted octanol–water partition coefficient (Wildman–Crippen LogP) is 5.30. The summed E-state index contributed by atoms with van der Waals surface area (Å²) < 4.78 is 36.7. The Morgan fingerprint density at radius 1 is 0.946 bits per heavy atom. The summed E-state index contributed by atoms with van der Waals surface area (Å²) in [6.07, 6.45) is 7.07. The maximum atomic E-state index is 14.3. The molecule has 2 aromatic carbocycles. The average molecular weight is 504 g/mol. The van der Waals surface area contributed by atoms with Gasteiger partial charge in [0.15, 0.2) is 11.5 Å². The van der Waals surface area contributed by atoms with Gasteiger partial charge in [-0.25, -0.2) is 4.39 Å². The normalized spacial score (nSPS) is 17.2. The second-order valence-electron chi connectivity index (χ2n) is 8.58. The highest BCUT2D eigenvalue weighted by Gasteiger charge is 2.44. The van der Waals surface area contributed by atoms with Crippen LogP contribution >= 0.6 is 0 Å². The highest BCUT2D eigenvalue weighted by molar-refractivity contribution is 6.08. The van der Waals surface area contributed by atoms with Gasteiger partial charge in [-0.3, -0.25) is 4.79 Å². The molecule has 192 valence electrons. The lowest BCUT2D eigenvalue weighted by molar-refractivity contribution is -0.195. The minimum Gasteiger partial charge on any atom is -0.495 e. The number of carbonyl (C=O) groups excluding carboxylic acids is 1. The second kappa shape index (κ2) is 11.0. The van der Waals surface area contributed by atoms with Gasteiger partial charge in [-0.1, -0.05) is 36.4 Å². The Morgan fingerprint density at radius 2 is 1.59 bits per heavy atom. The third-order valence-corrected chi connectivity index (χ3v) is 6.53. The number of carbonyl (C=O) groups is 1. The molecule has 2 aliphatic carbocycles. The fourth-order valence-corrected chi connectivity index (χ4v) is 4.64. The monoisotopic (exact) mass is 503 g/mol. The van der Waals surface area contributed by atoms with Crippen molar-refractivity contribution >= 4 is 17.1 Å². The van der Waals surface area contributed by atoms with E-state index in [2.05, 4.69) is 5.32 Å². The third-order valence-electron chi connectivity index (χ3n) is 6.53. The number of rotatable bonds is 8. The molecule has 37 heavy (non-hydrogen) atoms. The molecule has 0 heterocycles. The Morgan fingerprint density at radius 3 is 2.19 bits per heavy atom. The Bertz CT molecular complexity index is 1320. The molecular weight excluding hydrogens is 473 g/mol. The molecule has 0 bridgehead atoms. The van der Waals surface area contributed by atoms with E-state index in [1.807, 2.05) is 43.3 Å². The highest BCUT2D eigenvalue weighted by atomic mass is 19.1. The van der Waals surface area contributed by atoms with Crippen molar-refractivity contribution in [2.24, 2.45) is 0 Å². The van der Waals surface area contributed by atoms with E-state index in [0.29, 0.717) is 29.2 Å². The zero-order chi connectivity index (χ0) is 26.6. The van der Waals surface area contributed by atoms with E-state index < -0.39 is 5.79 Å². The largest absolute Gasteiger partial charge is 0.495 e. The van der Waals surface area contributed by atoms with Gasteiger partial charge in [0.25, 0.3) is 5.79 Å². The van der Waals surface area contributed by atoms with E-state index in [4.69, 9.17) is 18.9 Å². The van der Waals surface area contributed by atoms with Crippen LogP contribution in [0.3, 0.4) is 0 Å². The van der Waals surface area contributed by atoms with Crippen molar-refractivity contribution in [1.29, 1.82) is 0 Å². The molecule has 0 fully saturated rings. The van der Waals surface area contributed by atoms with Crippen LogP contribution in [0.1, 0.15) is 23.6 Å². The molecule has 0 spiro atoms. The maximum absolute atomic E-state index is 14.3. The highest BCUT2D eigenvalue weighted by Crippen LogP contribution is 2.44. The van der Waals surface area contributed by atoms with Gasteiger partial charge in [0.2, 0.25) is 5.91 Å². The summed E-state index contributed by atoms with van der Waals surface area (Å²) in [6, 6.07) is 14.2. The fraction of sp³-hybridized carbons (Fsp3) is 0.233. The van der Waals surface area contributed by atoms with Crippen molar-refractivity contribution < 1.29 is 28.1 Å². The van der Waals surface area contributed by atoms with Gasteiger partial charge < -0.3 is 24.3 Å². The van der Waals surface area contributed by atoms with Crippen LogP contribution < -0.4 is 5.32 Å². The van der Waals surface area contributed by atoms with Crippen molar-refractivity contribution in [1.82, 2.24) is 5.32 Å². The zero-order valence-electron chi connectivity index (χ0n) is 21.6. The minimum atomic E-state index is -1.30. The van der Waals surface area contributed by atoms with Crippen LogP contribution in [-0.2, 0) is 30.3 Å². The van der Waals surface area contributed by atoms with Crippen molar-refractivity contribution in [3.8, 4) is 0 Å². The first-order valence-electron chi connectivity index (χ1n) is 11.8. The van der Waals surface area contributed by atoms with Crippen molar-refractivity contribution in [3.05, 3.63) is 118 Å². The third kappa shape index (κ3) is 5.01. The molecule has 0 unspecified atom stereocenters. The summed E-state index contributed by atoms with van der Waals surface area (Å²) >= 11 is 0. The zero-order valence-corrected chi connectivity index (χ0v) is 21.6. The number of hydrogen-bond donors (Lipinski definition) is 1. The van der Waals surface area contributed by atoms with Crippen LogP contribution in [0, 0.1) is 5.82 Å². The summed E-state index contributed by atoms with van der Waals surface area (Å²) in [4.78, 5) is 12.8. The van der Waals surface area contributed by atoms with Crippen LogP contribution in [0.25, 0.3) is 11.1 Å². The molecule has 0 atom stereocenters. The summed E-state index contributed by atoms with van der Waals surface area (Å²) in [5.74, 6) is -1.11. The van der Waals surface area contributed by atoms with Crippen molar-refractivity contribution in [2.45, 2.75) is 19.3 Å². The SMILES string of the molecule is COC1=CC(=CC2=C(C)C(=CC(=O)NCc3ccccc3)c3cc(F)ccc32)C=C(OC)C1(OC)OC. The summed E-state index contributed by atoms with van der Waals surface area (Å²) in [7, 11) is 6.07. The first kappa shape index (κ1) is 26.1. The standard InChI is InChI=1S/C30H30FNO5/c1-19-24(13-21-14-27(34-2)30(36-4,37-5)28(15-21)35-3)23-12-11-22(31)16-26(23)25(19)17-29(33)32-18-20-9-7-6-8-10-20/h6-17H,18H2,1-5H3,(H,32,33). The van der Waals surface area contributed by atoms with Crippen molar-refractivity contribution in [2.75, 3.05) is 28.4 Å². The summed E-state index contributed by atoms with van der Waals surface area (Å²) in [5, 5.41) is 2.91. The summed E-state index contributed by atoms with van der Waals surface area (Å²) in [6.45, 7) is 2.31. The van der Waals surface area contributed by atoms with E-state index in [1.54, 1.807) is 18.2 Å². The van der Waals surface area contributed by atoms with Crippen LogP contribution in [0.5, 0.6) is 0 Å². The second-order valence-corrected chi connectivity index (χ2v) is 8.58. The number of halogens is 1. The average Bonchev–Trinajstić information content (AvgIpc) is 3.16. The van der Waals surface area contributed by atoms with E-state index in [-0.39, 0.29) is 11.7 Å². The Balaban J connectivity index is 1.74. The number of allylic oxidation sites excluding steroid dienone is 7. The van der Waals surface area contributed by atoms with Gasteiger partial charge in [-0.15, -0.1) is 0 Å². The summed E-state index contributed by atoms with van der Waals surface area (Å²) in [5.41, 5.74) is 5.60. The quantitative estimate of drug-likeness (QED) is 0.391. The van der Waals surface area contributed by atoms with Crippen LogP contribution in [0.2, 0.25) is 0 Å². The minimum absolute atomic E-state index is 0.256. The number of methoxy groups -OCH3 is 4.